The molecule has 0 spiro atoms. The predicted molar refractivity (Wildman–Crippen MR) is 57.2 cm³/mol. The van der Waals surface area contributed by atoms with Crippen LogP contribution in [-0.4, -0.2) is 43.3 Å². The second-order valence-corrected chi connectivity index (χ2v) is 4.48. The second kappa shape index (κ2) is 5.10. The van der Waals surface area contributed by atoms with Crippen molar-refractivity contribution in [3.05, 3.63) is 0 Å². The average molecular weight is 198 g/mol. The van der Waals surface area contributed by atoms with Crippen LogP contribution in [0.1, 0.15) is 32.1 Å². The van der Waals surface area contributed by atoms with E-state index < -0.39 is 0 Å². The third-order valence-corrected chi connectivity index (χ3v) is 3.24. The monoisotopic (exact) mass is 198 g/mol. The molecule has 1 unspecified atom stereocenters. The van der Waals surface area contributed by atoms with Crippen molar-refractivity contribution >= 4 is 0 Å². The van der Waals surface area contributed by atoms with Crippen LogP contribution in [0.25, 0.3) is 0 Å². The van der Waals surface area contributed by atoms with Crippen molar-refractivity contribution in [3.63, 3.8) is 0 Å². The zero-order valence-corrected chi connectivity index (χ0v) is 8.95. The Hall–Kier alpha value is -0.120. The fraction of sp³-hybridized carbons (Fsp3) is 1.00. The molecule has 2 aliphatic rings. The largest absolute Gasteiger partial charge is 0.380 e. The van der Waals surface area contributed by atoms with Crippen molar-refractivity contribution in [2.24, 2.45) is 5.73 Å². The van der Waals surface area contributed by atoms with Gasteiger partial charge in [-0.2, -0.15) is 0 Å². The molecule has 1 heterocycles. The summed E-state index contributed by atoms with van der Waals surface area (Å²) < 4.78 is 5.55. The van der Waals surface area contributed by atoms with E-state index in [0.717, 1.165) is 32.2 Å². The van der Waals surface area contributed by atoms with Gasteiger partial charge in [0.05, 0.1) is 6.61 Å². The molecule has 0 aromatic heterocycles. The lowest BCUT2D eigenvalue weighted by Crippen LogP contribution is -2.43. The van der Waals surface area contributed by atoms with E-state index in [9.17, 15) is 0 Å². The maximum absolute atomic E-state index is 5.57. The first-order valence-corrected chi connectivity index (χ1v) is 5.95. The molecular weight excluding hydrogens is 176 g/mol. The van der Waals surface area contributed by atoms with Crippen LogP contribution in [-0.2, 0) is 4.74 Å². The third kappa shape index (κ3) is 2.69. The predicted octanol–water partition coefficient (Wildman–Crippen LogP) is 0.979. The van der Waals surface area contributed by atoms with Gasteiger partial charge < -0.3 is 10.5 Å². The van der Waals surface area contributed by atoms with Gasteiger partial charge >= 0.3 is 0 Å². The molecule has 14 heavy (non-hydrogen) atoms. The van der Waals surface area contributed by atoms with Crippen molar-refractivity contribution in [3.8, 4) is 0 Å². The highest BCUT2D eigenvalue weighted by Gasteiger charge is 2.34. The van der Waals surface area contributed by atoms with Crippen molar-refractivity contribution in [1.82, 2.24) is 4.90 Å². The third-order valence-electron chi connectivity index (χ3n) is 3.24. The number of hydrogen-bond donors (Lipinski definition) is 1. The number of nitrogens with zero attached hydrogens (tertiary/aromatic N) is 1. The molecule has 1 aliphatic carbocycles. The minimum Gasteiger partial charge on any atom is -0.380 e. The smallest absolute Gasteiger partial charge is 0.0621 e. The summed E-state index contributed by atoms with van der Waals surface area (Å²) in [6.45, 7) is 3.90. The Bertz CT molecular complexity index is 165. The van der Waals surface area contributed by atoms with Gasteiger partial charge in [0.2, 0.25) is 0 Å². The highest BCUT2D eigenvalue weighted by molar-refractivity contribution is 4.89. The van der Waals surface area contributed by atoms with Gasteiger partial charge in [-0.1, -0.05) is 0 Å². The SMILES string of the molecule is NCCCN(C1CC1)C1CCCOC1. The van der Waals surface area contributed by atoms with Crippen molar-refractivity contribution in [1.29, 1.82) is 0 Å². The van der Waals surface area contributed by atoms with Gasteiger partial charge in [-0.3, -0.25) is 4.90 Å². The average Bonchev–Trinajstić information content (AvgIpc) is 3.04. The van der Waals surface area contributed by atoms with Crippen LogP contribution in [0.15, 0.2) is 0 Å². The molecule has 3 nitrogen and oxygen atoms in total. The van der Waals surface area contributed by atoms with E-state index >= 15 is 0 Å². The van der Waals surface area contributed by atoms with E-state index in [1.165, 1.54) is 32.2 Å². The van der Waals surface area contributed by atoms with E-state index in [2.05, 4.69) is 4.90 Å². The molecule has 1 aliphatic heterocycles. The van der Waals surface area contributed by atoms with E-state index in [1.807, 2.05) is 0 Å². The zero-order valence-electron chi connectivity index (χ0n) is 8.95. The first-order valence-electron chi connectivity index (χ1n) is 5.95. The van der Waals surface area contributed by atoms with Crippen molar-refractivity contribution < 1.29 is 4.74 Å². The van der Waals surface area contributed by atoms with Gasteiger partial charge in [0.15, 0.2) is 0 Å². The number of rotatable bonds is 5. The first kappa shape index (κ1) is 10.4. The number of ether oxygens (including phenoxy) is 1. The molecule has 1 saturated heterocycles. The van der Waals surface area contributed by atoms with Crippen LogP contribution in [0, 0.1) is 0 Å². The molecule has 0 aromatic carbocycles. The summed E-state index contributed by atoms with van der Waals surface area (Å²) in [6, 6.07) is 1.54. The molecule has 2 fully saturated rings. The van der Waals surface area contributed by atoms with Crippen LogP contribution in [0.4, 0.5) is 0 Å². The summed E-state index contributed by atoms with van der Waals surface area (Å²) >= 11 is 0. The molecule has 2 N–H and O–H groups in total. The highest BCUT2D eigenvalue weighted by atomic mass is 16.5. The number of nitrogens with two attached hydrogens (primary N) is 1. The molecule has 3 heteroatoms. The molecule has 0 bridgehead atoms. The van der Waals surface area contributed by atoms with Crippen LogP contribution in [0.5, 0.6) is 0 Å². The van der Waals surface area contributed by atoms with Gasteiger partial charge in [0.1, 0.15) is 0 Å². The highest BCUT2D eigenvalue weighted by Crippen LogP contribution is 2.30. The van der Waals surface area contributed by atoms with E-state index in [-0.39, 0.29) is 0 Å². The Morgan fingerprint density at radius 3 is 2.64 bits per heavy atom. The van der Waals surface area contributed by atoms with Crippen LogP contribution < -0.4 is 5.73 Å². The minimum absolute atomic E-state index is 0.683. The lowest BCUT2D eigenvalue weighted by Gasteiger charge is -2.34. The normalized spacial score (nSPS) is 28.3. The van der Waals surface area contributed by atoms with E-state index in [1.54, 1.807) is 0 Å². The molecule has 1 saturated carbocycles. The fourth-order valence-corrected chi connectivity index (χ4v) is 2.33. The molecule has 0 radical (unpaired) electrons. The van der Waals surface area contributed by atoms with Crippen molar-refractivity contribution in [2.75, 3.05) is 26.3 Å². The minimum atomic E-state index is 0.683. The molecule has 1 atom stereocenters. The van der Waals surface area contributed by atoms with E-state index in [4.69, 9.17) is 10.5 Å². The standard InChI is InChI=1S/C11H22N2O/c12-6-2-7-13(10-4-5-10)11-3-1-8-14-9-11/h10-11H,1-9,12H2. The van der Waals surface area contributed by atoms with Gasteiger partial charge in [-0.25, -0.2) is 0 Å². The lowest BCUT2D eigenvalue weighted by atomic mass is 10.1. The zero-order chi connectivity index (χ0) is 9.80. The van der Waals surface area contributed by atoms with Gasteiger partial charge in [-0.15, -0.1) is 0 Å². The molecule has 82 valence electrons. The van der Waals surface area contributed by atoms with E-state index in [0.29, 0.717) is 6.04 Å². The molecule has 0 aromatic rings. The Balaban J connectivity index is 1.81. The molecule has 2 rings (SSSR count). The molecule has 0 amide bonds. The maximum Gasteiger partial charge on any atom is 0.0621 e. The van der Waals surface area contributed by atoms with Crippen LogP contribution >= 0.6 is 0 Å². The van der Waals surface area contributed by atoms with Crippen LogP contribution in [0.3, 0.4) is 0 Å². The lowest BCUT2D eigenvalue weighted by molar-refractivity contribution is 0.0142. The Morgan fingerprint density at radius 2 is 2.07 bits per heavy atom. The van der Waals surface area contributed by atoms with Crippen LogP contribution in [0.2, 0.25) is 0 Å². The topological polar surface area (TPSA) is 38.5 Å². The summed E-state index contributed by atoms with van der Waals surface area (Å²) in [4.78, 5) is 2.64. The van der Waals surface area contributed by atoms with Crippen molar-refractivity contribution in [2.45, 2.75) is 44.2 Å². The Morgan fingerprint density at radius 1 is 1.21 bits per heavy atom. The summed E-state index contributed by atoms with van der Waals surface area (Å²) in [7, 11) is 0. The van der Waals surface area contributed by atoms with Gasteiger partial charge in [0, 0.05) is 25.2 Å². The quantitative estimate of drug-likeness (QED) is 0.715. The summed E-state index contributed by atoms with van der Waals surface area (Å²) in [6.07, 6.45) is 6.47. The summed E-state index contributed by atoms with van der Waals surface area (Å²) in [5.74, 6) is 0. The van der Waals surface area contributed by atoms with Gasteiger partial charge in [0.25, 0.3) is 0 Å². The number of hydrogen-bond acceptors (Lipinski definition) is 3. The maximum atomic E-state index is 5.57. The summed E-state index contributed by atoms with van der Waals surface area (Å²) in [5.41, 5.74) is 5.57. The molecular formula is C11H22N2O. The fourth-order valence-electron chi connectivity index (χ4n) is 2.33. The first-order chi connectivity index (χ1) is 6.92. The Kier molecular flexibility index (Phi) is 3.79. The summed E-state index contributed by atoms with van der Waals surface area (Å²) in [5, 5.41) is 0. The van der Waals surface area contributed by atoms with Gasteiger partial charge in [-0.05, 0) is 38.6 Å². The second-order valence-electron chi connectivity index (χ2n) is 4.48. The Labute approximate surface area is 86.6 Å².